The molecule has 4 N–H and O–H groups in total. The van der Waals surface area contributed by atoms with Crippen LogP contribution in [0.5, 0.6) is 0 Å². The Morgan fingerprint density at radius 1 is 1.11 bits per heavy atom. The van der Waals surface area contributed by atoms with Crippen molar-refractivity contribution in [1.82, 2.24) is 0 Å². The molecule has 0 aliphatic carbocycles. The van der Waals surface area contributed by atoms with E-state index in [0.29, 0.717) is 6.54 Å². The third kappa shape index (κ3) is 4.08. The van der Waals surface area contributed by atoms with Crippen LogP contribution in [0.4, 0.5) is 0 Å². The first-order valence-corrected chi connectivity index (χ1v) is 7.20. The molecule has 2 rings (SSSR count). The van der Waals surface area contributed by atoms with Crippen molar-refractivity contribution < 1.29 is 14.6 Å². The predicted octanol–water partition coefficient (Wildman–Crippen LogP) is -1.24. The van der Waals surface area contributed by atoms with Crippen LogP contribution in [0.25, 0.3) is 0 Å². The lowest BCUT2D eigenvalue weighted by Gasteiger charge is -2.29. The SMILES string of the molecule is NC(=O)C[NH+]1CC[NH+](Cc2c(Cl)cccc2Cl)CC1. The summed E-state index contributed by atoms with van der Waals surface area (Å²) in [7, 11) is 0. The number of halogens is 2. The minimum Gasteiger partial charge on any atom is -0.365 e. The number of carbonyl (C=O) groups excluding carboxylic acids is 1. The highest BCUT2D eigenvalue weighted by Gasteiger charge is 2.25. The molecule has 1 fully saturated rings. The standard InChI is InChI=1S/C13H17Cl2N3O/c14-11-2-1-3-12(15)10(11)8-17-4-6-18(7-5-17)9-13(16)19/h1-3H,4-9H2,(H2,16,19)/p+2. The van der Waals surface area contributed by atoms with Crippen molar-refractivity contribution in [2.24, 2.45) is 5.73 Å². The fourth-order valence-corrected chi connectivity index (χ4v) is 3.04. The predicted molar refractivity (Wildman–Crippen MR) is 75.6 cm³/mol. The normalized spacial score (nSPS) is 23.3. The van der Waals surface area contributed by atoms with E-state index >= 15 is 0 Å². The molecule has 0 radical (unpaired) electrons. The third-order valence-electron chi connectivity index (χ3n) is 3.58. The van der Waals surface area contributed by atoms with Crippen molar-refractivity contribution in [3.05, 3.63) is 33.8 Å². The minimum absolute atomic E-state index is 0.229. The number of hydrogen-bond acceptors (Lipinski definition) is 1. The molecular weight excluding hydrogens is 285 g/mol. The highest BCUT2D eigenvalue weighted by Crippen LogP contribution is 2.23. The molecule has 1 amide bonds. The molecule has 0 unspecified atom stereocenters. The van der Waals surface area contributed by atoms with Crippen LogP contribution < -0.4 is 15.5 Å². The largest absolute Gasteiger partial charge is 0.365 e. The maximum absolute atomic E-state index is 10.9. The molecule has 1 aliphatic rings. The second kappa shape index (κ2) is 6.57. The van der Waals surface area contributed by atoms with Crippen LogP contribution >= 0.6 is 23.2 Å². The first-order chi connectivity index (χ1) is 9.06. The van der Waals surface area contributed by atoms with Crippen LogP contribution in [0.3, 0.4) is 0 Å². The second-order valence-electron chi connectivity index (χ2n) is 5.02. The molecule has 0 bridgehead atoms. The smallest absolute Gasteiger partial charge is 0.272 e. The molecule has 104 valence electrons. The first-order valence-electron chi connectivity index (χ1n) is 6.44. The molecule has 4 nitrogen and oxygen atoms in total. The van der Waals surface area contributed by atoms with E-state index in [-0.39, 0.29) is 5.91 Å². The maximum atomic E-state index is 10.9. The highest BCUT2D eigenvalue weighted by molar-refractivity contribution is 6.35. The van der Waals surface area contributed by atoms with Gasteiger partial charge in [-0.2, -0.15) is 0 Å². The minimum atomic E-state index is -0.229. The van der Waals surface area contributed by atoms with Gasteiger partial charge in [-0.05, 0) is 12.1 Å². The Kier molecular flexibility index (Phi) is 5.05. The summed E-state index contributed by atoms with van der Waals surface area (Å²) < 4.78 is 0. The zero-order chi connectivity index (χ0) is 13.8. The second-order valence-corrected chi connectivity index (χ2v) is 5.83. The Morgan fingerprint density at radius 3 is 2.16 bits per heavy atom. The number of nitrogens with one attached hydrogen (secondary N) is 2. The van der Waals surface area contributed by atoms with Gasteiger partial charge in [-0.1, -0.05) is 29.3 Å². The Labute approximate surface area is 123 Å². The summed E-state index contributed by atoms with van der Waals surface area (Å²) in [4.78, 5) is 13.6. The summed E-state index contributed by atoms with van der Waals surface area (Å²) in [6.45, 7) is 5.19. The van der Waals surface area contributed by atoms with Gasteiger partial charge in [-0.3, -0.25) is 4.79 Å². The van der Waals surface area contributed by atoms with E-state index in [1.165, 1.54) is 9.80 Å². The van der Waals surface area contributed by atoms with Crippen LogP contribution in [0.15, 0.2) is 18.2 Å². The molecule has 0 saturated carbocycles. The lowest BCUT2D eigenvalue weighted by atomic mass is 10.2. The van der Waals surface area contributed by atoms with Crippen LogP contribution in [0, 0.1) is 0 Å². The third-order valence-corrected chi connectivity index (χ3v) is 4.29. The van der Waals surface area contributed by atoms with Crippen molar-refractivity contribution in [2.75, 3.05) is 32.7 Å². The Bertz CT molecular complexity index is 439. The van der Waals surface area contributed by atoms with Gasteiger partial charge < -0.3 is 15.5 Å². The number of carbonyl (C=O) groups is 1. The van der Waals surface area contributed by atoms with E-state index in [0.717, 1.165) is 48.3 Å². The number of nitrogens with two attached hydrogens (primary N) is 1. The molecule has 19 heavy (non-hydrogen) atoms. The van der Waals surface area contributed by atoms with Gasteiger partial charge in [-0.15, -0.1) is 0 Å². The summed E-state index contributed by atoms with van der Waals surface area (Å²) >= 11 is 12.4. The van der Waals surface area contributed by atoms with Crippen LogP contribution in [0.2, 0.25) is 10.0 Å². The van der Waals surface area contributed by atoms with Crippen molar-refractivity contribution >= 4 is 29.1 Å². The summed E-state index contributed by atoms with van der Waals surface area (Å²) in [5.74, 6) is -0.229. The molecular formula is C13H19Cl2N3O+2. The molecule has 1 aliphatic heterocycles. The number of primary amides is 1. The number of quaternary nitrogens is 2. The summed E-state index contributed by atoms with van der Waals surface area (Å²) in [6, 6.07) is 5.60. The van der Waals surface area contributed by atoms with Crippen molar-refractivity contribution in [2.45, 2.75) is 6.54 Å². The van der Waals surface area contributed by atoms with E-state index < -0.39 is 0 Å². The Hall–Kier alpha value is -0.810. The molecule has 0 atom stereocenters. The zero-order valence-electron chi connectivity index (χ0n) is 10.7. The Morgan fingerprint density at radius 2 is 1.63 bits per heavy atom. The Balaban J connectivity index is 1.91. The maximum Gasteiger partial charge on any atom is 0.272 e. The van der Waals surface area contributed by atoms with E-state index in [1.807, 2.05) is 18.2 Å². The quantitative estimate of drug-likeness (QED) is 0.640. The number of hydrogen-bond donors (Lipinski definition) is 3. The van der Waals surface area contributed by atoms with E-state index in [1.54, 1.807) is 0 Å². The van der Waals surface area contributed by atoms with Gasteiger partial charge in [0.25, 0.3) is 5.91 Å². The van der Waals surface area contributed by atoms with E-state index in [4.69, 9.17) is 28.9 Å². The van der Waals surface area contributed by atoms with Gasteiger partial charge in [0.15, 0.2) is 6.54 Å². The van der Waals surface area contributed by atoms with E-state index in [9.17, 15) is 4.79 Å². The lowest BCUT2D eigenvalue weighted by Crippen LogP contribution is -3.28. The number of amides is 1. The average Bonchev–Trinajstić information content (AvgIpc) is 2.35. The molecule has 1 heterocycles. The van der Waals surface area contributed by atoms with Crippen molar-refractivity contribution in [1.29, 1.82) is 0 Å². The highest BCUT2D eigenvalue weighted by atomic mass is 35.5. The average molecular weight is 304 g/mol. The van der Waals surface area contributed by atoms with Gasteiger partial charge in [0.1, 0.15) is 32.7 Å². The molecule has 1 aromatic rings. The summed E-state index contributed by atoms with van der Waals surface area (Å²) in [5, 5.41) is 1.46. The van der Waals surface area contributed by atoms with Crippen molar-refractivity contribution in [3.8, 4) is 0 Å². The number of piperazine rings is 1. The zero-order valence-corrected chi connectivity index (χ0v) is 12.2. The fourth-order valence-electron chi connectivity index (χ4n) is 2.51. The first kappa shape index (κ1) is 14.6. The lowest BCUT2D eigenvalue weighted by molar-refractivity contribution is -1.02. The molecule has 0 spiro atoms. The summed E-state index contributed by atoms with van der Waals surface area (Å²) in [5.41, 5.74) is 6.23. The topological polar surface area (TPSA) is 52.0 Å². The van der Waals surface area contributed by atoms with Crippen LogP contribution in [-0.4, -0.2) is 38.6 Å². The summed E-state index contributed by atoms with van der Waals surface area (Å²) in [6.07, 6.45) is 0. The number of benzene rings is 1. The van der Waals surface area contributed by atoms with Crippen LogP contribution in [0.1, 0.15) is 5.56 Å². The monoisotopic (exact) mass is 303 g/mol. The number of rotatable bonds is 4. The van der Waals surface area contributed by atoms with Gasteiger partial charge in [0.2, 0.25) is 0 Å². The van der Waals surface area contributed by atoms with Gasteiger partial charge in [0, 0.05) is 5.56 Å². The molecule has 1 aromatic carbocycles. The van der Waals surface area contributed by atoms with E-state index in [2.05, 4.69) is 0 Å². The molecule has 0 aromatic heterocycles. The van der Waals surface area contributed by atoms with Gasteiger partial charge in [-0.25, -0.2) is 0 Å². The van der Waals surface area contributed by atoms with Crippen LogP contribution in [-0.2, 0) is 11.3 Å². The molecule has 1 saturated heterocycles. The molecule has 6 heteroatoms. The van der Waals surface area contributed by atoms with Crippen molar-refractivity contribution in [3.63, 3.8) is 0 Å². The van der Waals surface area contributed by atoms with Gasteiger partial charge >= 0.3 is 0 Å². The van der Waals surface area contributed by atoms with Gasteiger partial charge in [0.05, 0.1) is 10.0 Å². The fraction of sp³-hybridized carbons (Fsp3) is 0.462.